The molecule has 1 amide bonds. The SMILES string of the molecule is COc1ccc(CNC(=O)c2cc3c(n(-c4ccc(C(C)C)cc4)c2=O)CCCC3=O)c(OC)c1. The van der Waals surface area contributed by atoms with E-state index in [0.29, 0.717) is 53.6 Å². The second-order valence-corrected chi connectivity index (χ2v) is 8.94. The monoisotopic (exact) mass is 474 g/mol. The van der Waals surface area contributed by atoms with Crippen LogP contribution in [0.4, 0.5) is 0 Å². The van der Waals surface area contributed by atoms with Crippen molar-refractivity contribution in [3.05, 3.63) is 86.8 Å². The van der Waals surface area contributed by atoms with Crippen molar-refractivity contribution in [3.63, 3.8) is 0 Å². The maximum Gasteiger partial charge on any atom is 0.268 e. The van der Waals surface area contributed by atoms with Crippen LogP contribution < -0.4 is 20.3 Å². The Labute approximate surface area is 204 Å². The number of aromatic nitrogens is 1. The molecule has 0 radical (unpaired) electrons. The highest BCUT2D eigenvalue weighted by molar-refractivity contribution is 6.02. The minimum absolute atomic E-state index is 0.0512. The second-order valence-electron chi connectivity index (χ2n) is 8.94. The summed E-state index contributed by atoms with van der Waals surface area (Å²) in [6.45, 7) is 4.36. The molecule has 0 saturated heterocycles. The summed E-state index contributed by atoms with van der Waals surface area (Å²) in [7, 11) is 3.10. The van der Waals surface area contributed by atoms with Crippen LogP contribution in [0, 0.1) is 0 Å². The largest absolute Gasteiger partial charge is 0.497 e. The molecule has 0 fully saturated rings. The summed E-state index contributed by atoms with van der Waals surface area (Å²) in [5.41, 5.74) is 3.15. The number of Topliss-reactive ketones (excluding diaryl/α,β-unsaturated/α-hetero) is 1. The van der Waals surface area contributed by atoms with E-state index < -0.39 is 11.5 Å². The number of rotatable bonds is 7. The van der Waals surface area contributed by atoms with Gasteiger partial charge in [-0.15, -0.1) is 0 Å². The Balaban J connectivity index is 1.72. The van der Waals surface area contributed by atoms with Gasteiger partial charge in [0.05, 0.1) is 14.2 Å². The lowest BCUT2D eigenvalue weighted by Gasteiger charge is -2.22. The number of methoxy groups -OCH3 is 2. The fourth-order valence-corrected chi connectivity index (χ4v) is 4.40. The van der Waals surface area contributed by atoms with Crippen molar-refractivity contribution in [1.29, 1.82) is 0 Å². The summed E-state index contributed by atoms with van der Waals surface area (Å²) in [5, 5.41) is 2.81. The van der Waals surface area contributed by atoms with Gasteiger partial charge in [-0.25, -0.2) is 0 Å². The average molecular weight is 475 g/mol. The molecular weight excluding hydrogens is 444 g/mol. The van der Waals surface area contributed by atoms with Crippen molar-refractivity contribution in [2.45, 2.75) is 45.6 Å². The molecule has 1 aromatic heterocycles. The Kier molecular flexibility index (Phi) is 7.05. The van der Waals surface area contributed by atoms with Crippen LogP contribution in [0.1, 0.15) is 70.1 Å². The molecule has 1 aliphatic carbocycles. The minimum Gasteiger partial charge on any atom is -0.497 e. The van der Waals surface area contributed by atoms with Gasteiger partial charge in [-0.3, -0.25) is 19.0 Å². The van der Waals surface area contributed by atoms with Gasteiger partial charge in [-0.05, 0) is 54.7 Å². The Morgan fingerprint density at radius 2 is 1.74 bits per heavy atom. The van der Waals surface area contributed by atoms with Crippen LogP contribution in [0.3, 0.4) is 0 Å². The van der Waals surface area contributed by atoms with E-state index in [0.717, 1.165) is 11.1 Å². The highest BCUT2D eigenvalue weighted by atomic mass is 16.5. The highest BCUT2D eigenvalue weighted by Crippen LogP contribution is 2.26. The van der Waals surface area contributed by atoms with Crippen LogP contribution in [0.25, 0.3) is 5.69 Å². The lowest BCUT2D eigenvalue weighted by molar-refractivity contribution is 0.0948. The standard InChI is InChI=1S/C28H30N2O5/c1-17(2)18-8-11-20(12-9-18)30-24-6-5-7-25(31)22(24)15-23(28(30)33)27(32)29-16-19-10-13-21(34-3)14-26(19)35-4/h8-15,17H,5-7,16H2,1-4H3,(H,29,32). The molecule has 0 saturated carbocycles. The molecule has 2 aromatic carbocycles. The van der Waals surface area contributed by atoms with Crippen LogP contribution in [-0.2, 0) is 13.0 Å². The first kappa shape index (κ1) is 24.3. The molecule has 1 heterocycles. The number of nitrogens with zero attached hydrogens (tertiary/aromatic N) is 1. The van der Waals surface area contributed by atoms with Gasteiger partial charge >= 0.3 is 0 Å². The molecule has 0 spiro atoms. The second kappa shape index (κ2) is 10.2. The van der Waals surface area contributed by atoms with E-state index in [1.807, 2.05) is 24.3 Å². The van der Waals surface area contributed by atoms with E-state index in [1.165, 1.54) is 10.6 Å². The molecule has 35 heavy (non-hydrogen) atoms. The van der Waals surface area contributed by atoms with Crippen molar-refractivity contribution in [1.82, 2.24) is 9.88 Å². The molecule has 0 atom stereocenters. The number of ether oxygens (including phenoxy) is 2. The molecule has 1 aliphatic rings. The van der Waals surface area contributed by atoms with E-state index in [9.17, 15) is 14.4 Å². The van der Waals surface area contributed by atoms with Gasteiger partial charge in [0.15, 0.2) is 5.78 Å². The summed E-state index contributed by atoms with van der Waals surface area (Å²) in [6, 6.07) is 14.5. The smallest absolute Gasteiger partial charge is 0.268 e. The third-order valence-corrected chi connectivity index (χ3v) is 6.42. The van der Waals surface area contributed by atoms with Gasteiger partial charge in [0.25, 0.3) is 11.5 Å². The lowest BCUT2D eigenvalue weighted by Crippen LogP contribution is -2.36. The minimum atomic E-state index is -0.540. The zero-order valence-electron chi connectivity index (χ0n) is 20.5. The van der Waals surface area contributed by atoms with E-state index in [2.05, 4.69) is 19.2 Å². The number of benzene rings is 2. The Morgan fingerprint density at radius 1 is 1.00 bits per heavy atom. The fraction of sp³-hybridized carbons (Fsp3) is 0.321. The van der Waals surface area contributed by atoms with Crippen LogP contribution in [0.2, 0.25) is 0 Å². The number of fused-ring (bicyclic) bond motifs is 1. The number of ketones is 1. The summed E-state index contributed by atoms with van der Waals surface area (Å²) < 4.78 is 12.1. The molecule has 0 aliphatic heterocycles. The van der Waals surface area contributed by atoms with Crippen LogP contribution in [0.15, 0.2) is 53.3 Å². The molecule has 182 valence electrons. The first-order valence-corrected chi connectivity index (χ1v) is 11.8. The third-order valence-electron chi connectivity index (χ3n) is 6.42. The van der Waals surface area contributed by atoms with Crippen molar-refractivity contribution < 1.29 is 19.1 Å². The summed E-state index contributed by atoms with van der Waals surface area (Å²) in [4.78, 5) is 39.5. The van der Waals surface area contributed by atoms with E-state index in [1.54, 1.807) is 32.4 Å². The summed E-state index contributed by atoms with van der Waals surface area (Å²) >= 11 is 0. The summed E-state index contributed by atoms with van der Waals surface area (Å²) in [6.07, 6.45) is 1.69. The van der Waals surface area contributed by atoms with Gasteiger partial charge in [0.1, 0.15) is 17.1 Å². The molecule has 3 aromatic rings. The number of hydrogen-bond donors (Lipinski definition) is 1. The molecule has 7 heteroatoms. The molecule has 4 rings (SSSR count). The Bertz CT molecular complexity index is 1320. The predicted molar refractivity (Wildman–Crippen MR) is 134 cm³/mol. The zero-order valence-corrected chi connectivity index (χ0v) is 20.5. The number of hydrogen-bond acceptors (Lipinski definition) is 5. The number of carbonyl (C=O) groups is 2. The van der Waals surface area contributed by atoms with Crippen LogP contribution >= 0.6 is 0 Å². The molecule has 0 bridgehead atoms. The first-order valence-electron chi connectivity index (χ1n) is 11.8. The molecular formula is C28H30N2O5. The third kappa shape index (κ3) is 4.85. The zero-order chi connectivity index (χ0) is 25.1. The topological polar surface area (TPSA) is 86.6 Å². The Morgan fingerprint density at radius 3 is 2.40 bits per heavy atom. The van der Waals surface area contributed by atoms with Crippen molar-refractivity contribution in [3.8, 4) is 17.2 Å². The summed E-state index contributed by atoms with van der Waals surface area (Å²) in [5.74, 6) is 0.957. The maximum absolute atomic E-state index is 13.6. The predicted octanol–water partition coefficient (Wildman–Crippen LogP) is 4.43. The lowest BCUT2D eigenvalue weighted by atomic mass is 9.92. The number of pyridine rings is 1. The van der Waals surface area contributed by atoms with E-state index in [-0.39, 0.29) is 17.9 Å². The quantitative estimate of drug-likeness (QED) is 0.548. The Hall–Kier alpha value is -3.87. The van der Waals surface area contributed by atoms with E-state index in [4.69, 9.17) is 9.47 Å². The number of carbonyl (C=O) groups excluding carboxylic acids is 2. The van der Waals surface area contributed by atoms with Gasteiger partial charge in [-0.2, -0.15) is 0 Å². The van der Waals surface area contributed by atoms with Gasteiger partial charge < -0.3 is 14.8 Å². The maximum atomic E-state index is 13.6. The average Bonchev–Trinajstić information content (AvgIpc) is 2.87. The van der Waals surface area contributed by atoms with Crippen LogP contribution in [0.5, 0.6) is 11.5 Å². The van der Waals surface area contributed by atoms with Gasteiger partial charge in [0.2, 0.25) is 0 Å². The fourth-order valence-electron chi connectivity index (χ4n) is 4.40. The number of amides is 1. The number of nitrogens with one attached hydrogen (secondary N) is 1. The van der Waals surface area contributed by atoms with Gasteiger partial charge in [-0.1, -0.05) is 26.0 Å². The molecule has 7 nitrogen and oxygen atoms in total. The molecule has 0 unspecified atom stereocenters. The normalized spacial score (nSPS) is 12.9. The first-order chi connectivity index (χ1) is 16.8. The van der Waals surface area contributed by atoms with E-state index >= 15 is 0 Å². The van der Waals surface area contributed by atoms with Crippen molar-refractivity contribution in [2.24, 2.45) is 0 Å². The molecule has 1 N–H and O–H groups in total. The van der Waals surface area contributed by atoms with Gasteiger partial charge in [0, 0.05) is 41.5 Å². The van der Waals surface area contributed by atoms with Crippen LogP contribution in [-0.4, -0.2) is 30.5 Å². The van der Waals surface area contributed by atoms with Crippen molar-refractivity contribution >= 4 is 11.7 Å². The van der Waals surface area contributed by atoms with Crippen molar-refractivity contribution in [2.75, 3.05) is 14.2 Å². The highest BCUT2D eigenvalue weighted by Gasteiger charge is 2.26.